The van der Waals surface area contributed by atoms with Gasteiger partial charge >= 0.3 is 0 Å². The molecule has 0 bridgehead atoms. The quantitative estimate of drug-likeness (QED) is 0.832. The molecule has 1 aliphatic heterocycles. The van der Waals surface area contributed by atoms with Gasteiger partial charge in [-0.2, -0.15) is 0 Å². The molecule has 2 rings (SSSR count). The molecule has 1 fully saturated rings. The lowest BCUT2D eigenvalue weighted by molar-refractivity contribution is 0.00662. The van der Waals surface area contributed by atoms with E-state index in [1.54, 1.807) is 7.11 Å². The summed E-state index contributed by atoms with van der Waals surface area (Å²) >= 11 is 0. The molecule has 2 N–H and O–H groups in total. The normalized spacial score (nSPS) is 25.4. The Hall–Kier alpha value is -1.06. The summed E-state index contributed by atoms with van der Waals surface area (Å²) in [6, 6.07) is 6.45. The Labute approximate surface area is 96.5 Å². The number of aryl methyl sites for hydroxylation is 1. The fourth-order valence-electron chi connectivity index (χ4n) is 2.16. The maximum absolute atomic E-state index is 5.95. The van der Waals surface area contributed by atoms with E-state index in [0.29, 0.717) is 0 Å². The lowest BCUT2D eigenvalue weighted by atomic mass is 9.97. The first kappa shape index (κ1) is 11.4. The first-order valence-electron chi connectivity index (χ1n) is 5.72. The van der Waals surface area contributed by atoms with Crippen LogP contribution in [0.1, 0.15) is 30.1 Å². The molecule has 3 heteroatoms. The maximum Gasteiger partial charge on any atom is 0.121 e. The molecule has 1 saturated heterocycles. The van der Waals surface area contributed by atoms with Gasteiger partial charge in [0, 0.05) is 12.6 Å². The Morgan fingerprint density at radius 1 is 1.44 bits per heavy atom. The highest BCUT2D eigenvalue weighted by Gasteiger charge is 2.21. The molecule has 0 aliphatic carbocycles. The summed E-state index contributed by atoms with van der Waals surface area (Å²) < 4.78 is 11.0. The van der Waals surface area contributed by atoms with Gasteiger partial charge < -0.3 is 15.2 Å². The van der Waals surface area contributed by atoms with E-state index in [1.165, 1.54) is 5.56 Å². The minimum atomic E-state index is 0.147. The summed E-state index contributed by atoms with van der Waals surface area (Å²) in [5.41, 5.74) is 8.30. The highest BCUT2D eigenvalue weighted by atomic mass is 16.5. The molecule has 1 aliphatic rings. The zero-order chi connectivity index (χ0) is 11.5. The van der Waals surface area contributed by atoms with E-state index in [4.69, 9.17) is 15.2 Å². The molecule has 0 saturated carbocycles. The van der Waals surface area contributed by atoms with E-state index in [2.05, 4.69) is 12.1 Å². The van der Waals surface area contributed by atoms with Crippen molar-refractivity contribution < 1.29 is 9.47 Å². The average molecular weight is 221 g/mol. The van der Waals surface area contributed by atoms with Crippen LogP contribution in [0, 0.1) is 6.92 Å². The molecule has 1 aromatic carbocycles. The number of rotatable bonds is 2. The van der Waals surface area contributed by atoms with Crippen LogP contribution in [0.25, 0.3) is 0 Å². The fraction of sp³-hybridized carbons (Fsp3) is 0.538. The third kappa shape index (κ3) is 2.36. The summed E-state index contributed by atoms with van der Waals surface area (Å²) in [4.78, 5) is 0. The molecule has 0 amide bonds. The summed E-state index contributed by atoms with van der Waals surface area (Å²) in [6.07, 6.45) is 2.02. The van der Waals surface area contributed by atoms with Crippen molar-refractivity contribution in [3.05, 3.63) is 29.3 Å². The second-order valence-electron chi connectivity index (χ2n) is 4.37. The Bertz CT molecular complexity index is 365. The molecule has 1 heterocycles. The summed E-state index contributed by atoms with van der Waals surface area (Å²) in [6.45, 7) is 2.81. The average Bonchev–Trinajstić information content (AvgIpc) is 2.29. The summed E-state index contributed by atoms with van der Waals surface area (Å²) in [5, 5.41) is 0. The Balaban J connectivity index is 2.17. The van der Waals surface area contributed by atoms with Gasteiger partial charge in [0.1, 0.15) is 5.75 Å². The molecule has 3 nitrogen and oxygen atoms in total. The molecule has 0 radical (unpaired) electrons. The molecule has 0 aromatic heterocycles. The number of methoxy groups -OCH3 is 1. The zero-order valence-corrected chi connectivity index (χ0v) is 9.90. The van der Waals surface area contributed by atoms with Crippen molar-refractivity contribution in [3.63, 3.8) is 0 Å². The standard InChI is InChI=1S/C13H19NO2/c1-9-7-10(3-4-12(9)15-2)13-8-11(14)5-6-16-13/h3-4,7,11,13H,5-6,8,14H2,1-2H3. The highest BCUT2D eigenvalue weighted by Crippen LogP contribution is 2.30. The predicted molar refractivity (Wildman–Crippen MR) is 63.6 cm³/mol. The van der Waals surface area contributed by atoms with Crippen LogP contribution in [0.4, 0.5) is 0 Å². The van der Waals surface area contributed by atoms with Crippen molar-refractivity contribution in [2.45, 2.75) is 31.9 Å². The zero-order valence-electron chi connectivity index (χ0n) is 9.90. The predicted octanol–water partition coefficient (Wildman–Crippen LogP) is 2.18. The van der Waals surface area contributed by atoms with Crippen molar-refractivity contribution >= 4 is 0 Å². The number of hydrogen-bond donors (Lipinski definition) is 1. The van der Waals surface area contributed by atoms with Gasteiger partial charge in [-0.05, 0) is 43.0 Å². The van der Waals surface area contributed by atoms with Gasteiger partial charge in [-0.15, -0.1) is 0 Å². The molecule has 2 atom stereocenters. The van der Waals surface area contributed by atoms with E-state index in [9.17, 15) is 0 Å². The molecule has 88 valence electrons. The SMILES string of the molecule is COc1ccc(C2CC(N)CCO2)cc1C. The second kappa shape index (κ2) is 4.85. The number of nitrogens with two attached hydrogens (primary N) is 1. The van der Waals surface area contributed by atoms with Crippen molar-refractivity contribution in [1.29, 1.82) is 0 Å². The lowest BCUT2D eigenvalue weighted by Gasteiger charge is -2.27. The van der Waals surface area contributed by atoms with Crippen molar-refractivity contribution in [2.24, 2.45) is 5.73 Å². The van der Waals surface area contributed by atoms with Gasteiger partial charge in [0.25, 0.3) is 0 Å². The van der Waals surface area contributed by atoms with Gasteiger partial charge in [0.15, 0.2) is 0 Å². The lowest BCUT2D eigenvalue weighted by Crippen LogP contribution is -2.30. The smallest absolute Gasteiger partial charge is 0.121 e. The Morgan fingerprint density at radius 3 is 2.88 bits per heavy atom. The summed E-state index contributed by atoms with van der Waals surface area (Å²) in [5.74, 6) is 0.920. The molecule has 1 aromatic rings. The van der Waals surface area contributed by atoms with Crippen LogP contribution >= 0.6 is 0 Å². The first-order valence-corrected chi connectivity index (χ1v) is 5.72. The topological polar surface area (TPSA) is 44.5 Å². The van der Waals surface area contributed by atoms with Crippen molar-refractivity contribution in [1.82, 2.24) is 0 Å². The van der Waals surface area contributed by atoms with Crippen LogP contribution in [0.5, 0.6) is 5.75 Å². The largest absolute Gasteiger partial charge is 0.496 e. The van der Waals surface area contributed by atoms with Crippen LogP contribution in [0.3, 0.4) is 0 Å². The number of ether oxygens (including phenoxy) is 2. The van der Waals surface area contributed by atoms with Gasteiger partial charge in [0.2, 0.25) is 0 Å². The Kier molecular flexibility index (Phi) is 3.46. The third-order valence-electron chi connectivity index (χ3n) is 3.12. The number of benzene rings is 1. The van der Waals surface area contributed by atoms with Crippen LogP contribution in [-0.4, -0.2) is 19.8 Å². The minimum Gasteiger partial charge on any atom is -0.496 e. The minimum absolute atomic E-state index is 0.147. The monoisotopic (exact) mass is 221 g/mol. The molecule has 0 spiro atoms. The molecular weight excluding hydrogens is 202 g/mol. The molecule has 16 heavy (non-hydrogen) atoms. The van der Waals surface area contributed by atoms with E-state index in [-0.39, 0.29) is 12.1 Å². The second-order valence-corrected chi connectivity index (χ2v) is 4.37. The third-order valence-corrected chi connectivity index (χ3v) is 3.12. The van der Waals surface area contributed by atoms with Crippen LogP contribution < -0.4 is 10.5 Å². The number of hydrogen-bond acceptors (Lipinski definition) is 3. The Morgan fingerprint density at radius 2 is 2.25 bits per heavy atom. The van der Waals surface area contributed by atoms with Crippen LogP contribution in [0.2, 0.25) is 0 Å². The fourth-order valence-corrected chi connectivity index (χ4v) is 2.16. The van der Waals surface area contributed by atoms with E-state index in [1.807, 2.05) is 13.0 Å². The van der Waals surface area contributed by atoms with Crippen LogP contribution in [0.15, 0.2) is 18.2 Å². The van der Waals surface area contributed by atoms with Crippen molar-refractivity contribution in [3.8, 4) is 5.75 Å². The first-order chi connectivity index (χ1) is 7.70. The van der Waals surface area contributed by atoms with Gasteiger partial charge in [-0.3, -0.25) is 0 Å². The van der Waals surface area contributed by atoms with E-state index in [0.717, 1.165) is 30.8 Å². The van der Waals surface area contributed by atoms with E-state index >= 15 is 0 Å². The van der Waals surface area contributed by atoms with E-state index < -0.39 is 0 Å². The van der Waals surface area contributed by atoms with Crippen molar-refractivity contribution in [2.75, 3.05) is 13.7 Å². The van der Waals surface area contributed by atoms with Gasteiger partial charge in [-0.25, -0.2) is 0 Å². The van der Waals surface area contributed by atoms with Crippen LogP contribution in [-0.2, 0) is 4.74 Å². The van der Waals surface area contributed by atoms with Gasteiger partial charge in [0.05, 0.1) is 13.2 Å². The molecular formula is C13H19NO2. The van der Waals surface area contributed by atoms with Gasteiger partial charge in [-0.1, -0.05) is 6.07 Å². The maximum atomic E-state index is 5.95. The highest BCUT2D eigenvalue weighted by molar-refractivity contribution is 5.37. The molecule has 2 unspecified atom stereocenters. The summed E-state index contributed by atoms with van der Waals surface area (Å²) in [7, 11) is 1.69.